The average molecular weight is 240 g/mol. The summed E-state index contributed by atoms with van der Waals surface area (Å²) in [6, 6.07) is 2.27. The first-order valence-electron chi connectivity index (χ1n) is 5.79. The molecular weight excluding hydrogens is 220 g/mol. The molecule has 1 aromatic heterocycles. The van der Waals surface area contributed by atoms with Gasteiger partial charge < -0.3 is 4.74 Å². The number of ether oxygens (including phenoxy) is 1. The van der Waals surface area contributed by atoms with Crippen LogP contribution in [0.2, 0.25) is 0 Å². The zero-order chi connectivity index (χ0) is 11.6. The maximum absolute atomic E-state index is 5.79. The maximum atomic E-state index is 5.79. The predicted molar refractivity (Wildman–Crippen MR) is 67.3 cm³/mol. The number of hydrazine groups is 1. The van der Waals surface area contributed by atoms with Gasteiger partial charge in [0.2, 0.25) is 0 Å². The van der Waals surface area contributed by atoms with E-state index in [1.165, 1.54) is 23.3 Å². The minimum Gasteiger partial charge on any atom is -0.376 e. The van der Waals surface area contributed by atoms with Crippen LogP contribution in [-0.4, -0.2) is 12.7 Å². The van der Waals surface area contributed by atoms with E-state index in [0.717, 1.165) is 12.8 Å². The Morgan fingerprint density at radius 3 is 2.62 bits per heavy atom. The van der Waals surface area contributed by atoms with Gasteiger partial charge in [-0.05, 0) is 36.8 Å². The second kappa shape index (κ2) is 4.84. The zero-order valence-corrected chi connectivity index (χ0v) is 10.8. The Bertz CT molecular complexity index is 345. The molecule has 1 saturated carbocycles. The molecular formula is C12H20N2OS. The minimum absolute atomic E-state index is 0.111. The highest BCUT2D eigenvalue weighted by atomic mass is 32.1. The van der Waals surface area contributed by atoms with Gasteiger partial charge in [0.15, 0.2) is 0 Å². The number of nitrogens with one attached hydrogen (secondary N) is 1. The molecule has 0 aliphatic heterocycles. The van der Waals surface area contributed by atoms with Crippen molar-refractivity contribution in [2.24, 2.45) is 5.84 Å². The van der Waals surface area contributed by atoms with E-state index in [1.54, 1.807) is 18.4 Å². The molecule has 0 radical (unpaired) electrons. The molecule has 3 N–H and O–H groups in total. The standard InChI is InChI=1S/C12H20N2OS/c1-9-10(5-8-16-9)11(14-13)12(15-2)6-3-4-7-12/h5,8,11,14H,3-4,6-7,13H2,1-2H3. The fourth-order valence-electron chi connectivity index (χ4n) is 2.80. The molecule has 3 nitrogen and oxygen atoms in total. The van der Waals surface area contributed by atoms with Crippen molar-refractivity contribution >= 4 is 11.3 Å². The van der Waals surface area contributed by atoms with Crippen LogP contribution < -0.4 is 11.3 Å². The Labute approximate surface area is 101 Å². The summed E-state index contributed by atoms with van der Waals surface area (Å²) in [5.74, 6) is 5.75. The first-order valence-corrected chi connectivity index (χ1v) is 6.67. The lowest BCUT2D eigenvalue weighted by Gasteiger charge is -2.36. The summed E-state index contributed by atoms with van der Waals surface area (Å²) in [6.07, 6.45) is 4.64. The third-order valence-corrected chi connectivity index (χ3v) is 4.62. The van der Waals surface area contributed by atoms with Crippen molar-refractivity contribution in [3.05, 3.63) is 21.9 Å². The predicted octanol–water partition coefficient (Wildman–Crippen LogP) is 2.52. The van der Waals surface area contributed by atoms with Crippen molar-refractivity contribution in [2.75, 3.05) is 7.11 Å². The second-order valence-corrected chi connectivity index (χ2v) is 5.63. The lowest BCUT2D eigenvalue weighted by Crippen LogP contribution is -2.46. The van der Waals surface area contributed by atoms with E-state index in [4.69, 9.17) is 10.6 Å². The largest absolute Gasteiger partial charge is 0.376 e. The average Bonchev–Trinajstić information content (AvgIpc) is 2.91. The van der Waals surface area contributed by atoms with Gasteiger partial charge in [0.05, 0.1) is 11.6 Å². The third-order valence-electron chi connectivity index (χ3n) is 3.76. The molecule has 1 aliphatic rings. The van der Waals surface area contributed by atoms with Crippen LogP contribution in [0.25, 0.3) is 0 Å². The Kier molecular flexibility index (Phi) is 3.64. The fraction of sp³-hybridized carbons (Fsp3) is 0.667. The molecule has 0 spiro atoms. The Hall–Kier alpha value is -0.420. The van der Waals surface area contributed by atoms with Crippen LogP contribution in [0.4, 0.5) is 0 Å². The molecule has 2 rings (SSSR count). The Morgan fingerprint density at radius 2 is 2.19 bits per heavy atom. The molecule has 90 valence electrons. The SMILES string of the molecule is COC1(C(NN)c2ccsc2C)CCCC1. The molecule has 1 aliphatic carbocycles. The zero-order valence-electron chi connectivity index (χ0n) is 9.95. The van der Waals surface area contributed by atoms with Crippen molar-refractivity contribution in [2.45, 2.75) is 44.2 Å². The quantitative estimate of drug-likeness (QED) is 0.628. The van der Waals surface area contributed by atoms with Crippen molar-refractivity contribution in [3.63, 3.8) is 0 Å². The topological polar surface area (TPSA) is 47.3 Å². The number of hydrogen-bond acceptors (Lipinski definition) is 4. The lowest BCUT2D eigenvalue weighted by atomic mass is 9.87. The van der Waals surface area contributed by atoms with Gasteiger partial charge in [-0.1, -0.05) is 12.8 Å². The first kappa shape index (κ1) is 12.0. The molecule has 1 unspecified atom stereocenters. The fourth-order valence-corrected chi connectivity index (χ4v) is 3.54. The summed E-state index contributed by atoms with van der Waals surface area (Å²) in [5.41, 5.74) is 4.14. The van der Waals surface area contributed by atoms with Gasteiger partial charge in [0, 0.05) is 12.0 Å². The van der Waals surface area contributed by atoms with Gasteiger partial charge in [-0.15, -0.1) is 11.3 Å². The van der Waals surface area contributed by atoms with Crippen molar-refractivity contribution < 1.29 is 4.74 Å². The molecule has 0 saturated heterocycles. The van der Waals surface area contributed by atoms with Crippen LogP contribution in [0.15, 0.2) is 11.4 Å². The highest BCUT2D eigenvalue weighted by molar-refractivity contribution is 7.10. The van der Waals surface area contributed by atoms with E-state index < -0.39 is 0 Å². The summed E-state index contributed by atoms with van der Waals surface area (Å²) in [6.45, 7) is 2.14. The second-order valence-electron chi connectivity index (χ2n) is 4.51. The van der Waals surface area contributed by atoms with E-state index in [0.29, 0.717) is 0 Å². The van der Waals surface area contributed by atoms with E-state index >= 15 is 0 Å². The Balaban J connectivity index is 2.31. The number of nitrogens with two attached hydrogens (primary N) is 1. The number of hydrogen-bond donors (Lipinski definition) is 2. The molecule has 0 aromatic carbocycles. The number of methoxy groups -OCH3 is 1. The molecule has 1 fully saturated rings. The van der Waals surface area contributed by atoms with Gasteiger partial charge >= 0.3 is 0 Å². The summed E-state index contributed by atoms with van der Waals surface area (Å²) in [5, 5.41) is 2.12. The van der Waals surface area contributed by atoms with E-state index in [2.05, 4.69) is 23.8 Å². The van der Waals surface area contributed by atoms with Crippen molar-refractivity contribution in [3.8, 4) is 0 Å². The van der Waals surface area contributed by atoms with Crippen molar-refractivity contribution in [1.82, 2.24) is 5.43 Å². The first-order chi connectivity index (χ1) is 7.73. The van der Waals surface area contributed by atoms with E-state index in [-0.39, 0.29) is 11.6 Å². The highest BCUT2D eigenvalue weighted by Gasteiger charge is 2.42. The summed E-state index contributed by atoms with van der Waals surface area (Å²) in [7, 11) is 1.80. The Morgan fingerprint density at radius 1 is 1.50 bits per heavy atom. The molecule has 0 amide bonds. The molecule has 1 aromatic rings. The molecule has 1 heterocycles. The molecule has 16 heavy (non-hydrogen) atoms. The van der Waals surface area contributed by atoms with E-state index in [1.807, 2.05) is 0 Å². The smallest absolute Gasteiger partial charge is 0.0885 e. The van der Waals surface area contributed by atoms with Gasteiger partial charge in [-0.3, -0.25) is 11.3 Å². The minimum atomic E-state index is -0.111. The van der Waals surface area contributed by atoms with Gasteiger partial charge in [0.1, 0.15) is 0 Å². The maximum Gasteiger partial charge on any atom is 0.0885 e. The monoisotopic (exact) mass is 240 g/mol. The number of rotatable bonds is 4. The van der Waals surface area contributed by atoms with Crippen LogP contribution in [0, 0.1) is 6.92 Å². The molecule has 1 atom stereocenters. The lowest BCUT2D eigenvalue weighted by molar-refractivity contribution is -0.0369. The van der Waals surface area contributed by atoms with Crippen LogP contribution >= 0.6 is 11.3 Å². The van der Waals surface area contributed by atoms with Crippen LogP contribution in [0.3, 0.4) is 0 Å². The normalized spacial score (nSPS) is 21.2. The molecule has 4 heteroatoms. The van der Waals surface area contributed by atoms with Crippen LogP contribution in [0.5, 0.6) is 0 Å². The summed E-state index contributed by atoms with van der Waals surface area (Å²) < 4.78 is 5.79. The van der Waals surface area contributed by atoms with Crippen LogP contribution in [0.1, 0.15) is 42.2 Å². The van der Waals surface area contributed by atoms with Crippen LogP contribution in [-0.2, 0) is 4.74 Å². The highest BCUT2D eigenvalue weighted by Crippen LogP contribution is 2.43. The summed E-state index contributed by atoms with van der Waals surface area (Å²) in [4.78, 5) is 1.33. The number of thiophene rings is 1. The van der Waals surface area contributed by atoms with Gasteiger partial charge in [-0.2, -0.15) is 0 Å². The number of aryl methyl sites for hydroxylation is 1. The van der Waals surface area contributed by atoms with Gasteiger partial charge in [-0.25, -0.2) is 0 Å². The molecule has 0 bridgehead atoms. The summed E-state index contributed by atoms with van der Waals surface area (Å²) >= 11 is 1.76. The third kappa shape index (κ3) is 1.91. The van der Waals surface area contributed by atoms with Crippen molar-refractivity contribution in [1.29, 1.82) is 0 Å². The van der Waals surface area contributed by atoms with Gasteiger partial charge in [0.25, 0.3) is 0 Å². The van der Waals surface area contributed by atoms with E-state index in [9.17, 15) is 0 Å².